The maximum absolute atomic E-state index is 12.2. The molecule has 17 heavy (non-hydrogen) atoms. The third-order valence-corrected chi connectivity index (χ3v) is 5.15. The van der Waals surface area contributed by atoms with Gasteiger partial charge in [0.05, 0.1) is 0 Å². The van der Waals surface area contributed by atoms with Crippen LogP contribution in [0.1, 0.15) is 39.5 Å². The zero-order valence-corrected chi connectivity index (χ0v) is 10.9. The first kappa shape index (κ1) is 11.5. The average Bonchev–Trinajstić information content (AvgIpc) is 2.67. The second-order valence-electron chi connectivity index (χ2n) is 6.64. The molecule has 3 rings (SSSR count). The highest BCUT2D eigenvalue weighted by Gasteiger charge is 2.67. The van der Waals surface area contributed by atoms with Crippen LogP contribution in [-0.2, 0) is 4.79 Å². The molecule has 3 aliphatic rings. The predicted octanol–water partition coefficient (Wildman–Crippen LogP) is 1.52. The van der Waals surface area contributed by atoms with Gasteiger partial charge in [-0.15, -0.1) is 0 Å². The van der Waals surface area contributed by atoms with Gasteiger partial charge in [-0.3, -0.25) is 4.79 Å². The normalized spacial score (nSPS) is 45.2. The van der Waals surface area contributed by atoms with Gasteiger partial charge in [-0.05, 0) is 63.2 Å². The van der Waals surface area contributed by atoms with Gasteiger partial charge in [-0.25, -0.2) is 0 Å². The Morgan fingerprint density at radius 2 is 1.88 bits per heavy atom. The fourth-order valence-electron chi connectivity index (χ4n) is 4.63. The Morgan fingerprint density at radius 3 is 2.41 bits per heavy atom. The van der Waals surface area contributed by atoms with E-state index in [4.69, 9.17) is 5.73 Å². The second kappa shape index (κ2) is 3.98. The van der Waals surface area contributed by atoms with Gasteiger partial charge in [0.1, 0.15) is 0 Å². The van der Waals surface area contributed by atoms with Gasteiger partial charge < -0.3 is 11.1 Å². The number of hydrogen-bond acceptors (Lipinski definition) is 2. The summed E-state index contributed by atoms with van der Waals surface area (Å²) in [5, 5.41) is 3.15. The minimum atomic E-state index is 0.167. The van der Waals surface area contributed by atoms with Crippen LogP contribution in [0.2, 0.25) is 0 Å². The molecule has 0 saturated heterocycles. The Hall–Kier alpha value is -0.570. The Kier molecular flexibility index (Phi) is 2.69. The van der Waals surface area contributed by atoms with Crippen LogP contribution in [-0.4, -0.2) is 18.0 Å². The summed E-state index contributed by atoms with van der Waals surface area (Å²) in [7, 11) is 0. The molecular weight excluding hydrogens is 212 g/mol. The van der Waals surface area contributed by atoms with Crippen LogP contribution in [0.15, 0.2) is 0 Å². The molecule has 3 N–H and O–H groups in total. The van der Waals surface area contributed by atoms with Gasteiger partial charge in [0, 0.05) is 18.0 Å². The summed E-state index contributed by atoms with van der Waals surface area (Å²) in [5.74, 6) is 3.92. The monoisotopic (exact) mass is 236 g/mol. The molecule has 2 bridgehead atoms. The molecule has 0 spiro atoms. The molecule has 0 aliphatic heterocycles. The number of amides is 1. The van der Waals surface area contributed by atoms with Crippen LogP contribution in [0.3, 0.4) is 0 Å². The molecule has 0 radical (unpaired) electrons. The van der Waals surface area contributed by atoms with E-state index in [2.05, 4.69) is 12.2 Å². The largest absolute Gasteiger partial charge is 0.353 e. The van der Waals surface area contributed by atoms with Crippen molar-refractivity contribution >= 4 is 5.91 Å². The van der Waals surface area contributed by atoms with Crippen LogP contribution in [0, 0.1) is 29.6 Å². The van der Waals surface area contributed by atoms with Crippen LogP contribution >= 0.6 is 0 Å². The molecule has 3 aliphatic carbocycles. The van der Waals surface area contributed by atoms with Crippen molar-refractivity contribution in [3.05, 3.63) is 0 Å². The van der Waals surface area contributed by atoms with E-state index in [9.17, 15) is 4.79 Å². The standard InChI is InChI=1S/C14H24N2O/c1-7(15)5-8(2)16-14(17)13-11-9-3-4-10(6-9)12(11)13/h7-13H,3-6,15H2,1-2H3,(H,16,17). The lowest BCUT2D eigenvalue weighted by molar-refractivity contribution is -0.124. The van der Waals surface area contributed by atoms with Crippen LogP contribution < -0.4 is 11.1 Å². The Labute approximate surface area is 104 Å². The third-order valence-electron chi connectivity index (χ3n) is 5.15. The van der Waals surface area contributed by atoms with E-state index in [0.29, 0.717) is 11.8 Å². The zero-order valence-electron chi connectivity index (χ0n) is 10.9. The van der Waals surface area contributed by atoms with Gasteiger partial charge in [0.2, 0.25) is 5.91 Å². The average molecular weight is 236 g/mol. The molecule has 3 heteroatoms. The molecule has 0 aromatic carbocycles. The highest BCUT2D eigenvalue weighted by Crippen LogP contribution is 2.69. The number of nitrogens with two attached hydrogens (primary N) is 1. The van der Waals surface area contributed by atoms with E-state index in [1.807, 2.05) is 6.92 Å². The van der Waals surface area contributed by atoms with E-state index in [1.54, 1.807) is 0 Å². The van der Waals surface area contributed by atoms with Gasteiger partial charge in [0.25, 0.3) is 0 Å². The van der Waals surface area contributed by atoms with E-state index in [1.165, 1.54) is 19.3 Å². The number of carbonyl (C=O) groups excluding carboxylic acids is 1. The van der Waals surface area contributed by atoms with Crippen molar-refractivity contribution in [3.8, 4) is 0 Å². The smallest absolute Gasteiger partial charge is 0.223 e. The highest BCUT2D eigenvalue weighted by atomic mass is 16.2. The van der Waals surface area contributed by atoms with Gasteiger partial charge >= 0.3 is 0 Å². The molecule has 6 unspecified atom stereocenters. The SMILES string of the molecule is CC(N)CC(C)NC(=O)C1C2C3CCC(C3)C12. The van der Waals surface area contributed by atoms with E-state index >= 15 is 0 Å². The lowest BCUT2D eigenvalue weighted by atomic mass is 10.0. The number of fused-ring (bicyclic) bond motifs is 5. The molecule has 3 nitrogen and oxygen atoms in total. The maximum Gasteiger partial charge on any atom is 0.223 e. The van der Waals surface area contributed by atoms with Crippen LogP contribution in [0.5, 0.6) is 0 Å². The highest BCUT2D eigenvalue weighted by molar-refractivity contribution is 5.83. The molecule has 6 atom stereocenters. The first-order valence-corrected chi connectivity index (χ1v) is 7.14. The van der Waals surface area contributed by atoms with Crippen molar-refractivity contribution in [3.63, 3.8) is 0 Å². The topological polar surface area (TPSA) is 55.1 Å². The lowest BCUT2D eigenvalue weighted by Crippen LogP contribution is -2.38. The first-order chi connectivity index (χ1) is 8.08. The first-order valence-electron chi connectivity index (χ1n) is 7.14. The molecule has 1 amide bonds. The molecule has 96 valence electrons. The van der Waals surface area contributed by atoms with Crippen molar-refractivity contribution in [1.82, 2.24) is 5.32 Å². The summed E-state index contributed by atoms with van der Waals surface area (Å²) in [6.07, 6.45) is 5.05. The van der Waals surface area contributed by atoms with Gasteiger partial charge in [-0.1, -0.05) is 0 Å². The minimum absolute atomic E-state index is 0.167. The number of nitrogens with one attached hydrogen (secondary N) is 1. The maximum atomic E-state index is 12.2. The number of hydrogen-bond donors (Lipinski definition) is 2. The van der Waals surface area contributed by atoms with Crippen LogP contribution in [0.4, 0.5) is 0 Å². The number of rotatable bonds is 4. The predicted molar refractivity (Wildman–Crippen MR) is 67.2 cm³/mol. The Bertz CT molecular complexity index is 312. The molecule has 3 saturated carbocycles. The fourth-order valence-corrected chi connectivity index (χ4v) is 4.63. The van der Waals surface area contributed by atoms with Crippen LogP contribution in [0.25, 0.3) is 0 Å². The second-order valence-corrected chi connectivity index (χ2v) is 6.64. The summed E-state index contributed by atoms with van der Waals surface area (Å²) in [5.41, 5.74) is 5.76. The van der Waals surface area contributed by atoms with Gasteiger partial charge in [-0.2, -0.15) is 0 Å². The van der Waals surface area contributed by atoms with Crippen molar-refractivity contribution < 1.29 is 4.79 Å². The quantitative estimate of drug-likeness (QED) is 0.777. The fraction of sp³-hybridized carbons (Fsp3) is 0.929. The summed E-state index contributed by atoms with van der Waals surface area (Å²) in [6.45, 7) is 4.06. The van der Waals surface area contributed by atoms with Crippen molar-refractivity contribution in [2.24, 2.45) is 35.3 Å². The van der Waals surface area contributed by atoms with Crippen molar-refractivity contribution in [2.75, 3.05) is 0 Å². The van der Waals surface area contributed by atoms with E-state index in [0.717, 1.165) is 30.1 Å². The molecular formula is C14H24N2O. The Balaban J connectivity index is 1.52. The number of carbonyl (C=O) groups is 1. The third kappa shape index (κ3) is 1.88. The lowest BCUT2D eigenvalue weighted by Gasteiger charge is -2.17. The molecule has 3 fully saturated rings. The van der Waals surface area contributed by atoms with Gasteiger partial charge in [0.15, 0.2) is 0 Å². The van der Waals surface area contributed by atoms with E-state index in [-0.39, 0.29) is 12.1 Å². The summed E-state index contributed by atoms with van der Waals surface area (Å²) < 4.78 is 0. The summed E-state index contributed by atoms with van der Waals surface area (Å²) >= 11 is 0. The molecule has 0 aromatic rings. The van der Waals surface area contributed by atoms with Crippen molar-refractivity contribution in [2.45, 2.75) is 51.6 Å². The van der Waals surface area contributed by atoms with Crippen molar-refractivity contribution in [1.29, 1.82) is 0 Å². The minimum Gasteiger partial charge on any atom is -0.353 e. The van der Waals surface area contributed by atoms with E-state index < -0.39 is 0 Å². The zero-order chi connectivity index (χ0) is 12.2. The Morgan fingerprint density at radius 1 is 1.29 bits per heavy atom. The molecule has 0 aromatic heterocycles. The summed E-state index contributed by atoms with van der Waals surface area (Å²) in [6, 6.07) is 0.390. The molecule has 0 heterocycles. The summed E-state index contributed by atoms with van der Waals surface area (Å²) in [4.78, 5) is 12.2.